The zero-order valence-corrected chi connectivity index (χ0v) is 25.2. The summed E-state index contributed by atoms with van der Waals surface area (Å²) in [5.74, 6) is -1.40. The van der Waals surface area contributed by atoms with Crippen molar-refractivity contribution in [3.05, 3.63) is 70.8 Å². The number of alkyl halides is 6. The van der Waals surface area contributed by atoms with Crippen LogP contribution in [0.15, 0.2) is 48.5 Å². The Morgan fingerprint density at radius 1 is 0.822 bits per heavy atom. The van der Waals surface area contributed by atoms with Crippen LogP contribution in [0.4, 0.5) is 31.1 Å². The lowest BCUT2D eigenvalue weighted by Gasteiger charge is -2.34. The van der Waals surface area contributed by atoms with Crippen molar-refractivity contribution in [2.24, 2.45) is 5.92 Å². The maximum atomic E-state index is 13.4. The smallest absolute Gasteiger partial charge is 0.416 e. The number of nitrogens with one attached hydrogen (secondary N) is 2. The average Bonchev–Trinajstić information content (AvgIpc) is 3.41. The van der Waals surface area contributed by atoms with Crippen LogP contribution in [-0.2, 0) is 21.9 Å². The minimum absolute atomic E-state index is 0.0214. The van der Waals surface area contributed by atoms with E-state index in [2.05, 4.69) is 10.6 Å². The second-order valence-electron chi connectivity index (χ2n) is 12.6. The Kier molecular flexibility index (Phi) is 10.1. The molecule has 0 radical (unpaired) electrons. The number of halogens is 6. The number of amides is 3. The van der Waals surface area contributed by atoms with Gasteiger partial charge in [0, 0.05) is 18.2 Å². The monoisotopic (exact) mass is 641 g/mol. The highest BCUT2D eigenvalue weighted by Gasteiger charge is 2.44. The summed E-state index contributed by atoms with van der Waals surface area (Å²) in [6.45, 7) is 5.33. The first kappa shape index (κ1) is 34.1. The van der Waals surface area contributed by atoms with Crippen LogP contribution in [0.5, 0.6) is 0 Å². The Balaban J connectivity index is 1.33. The molecule has 2 aromatic rings. The number of ether oxygens (including phenoxy) is 1. The van der Waals surface area contributed by atoms with Crippen LogP contribution in [-0.4, -0.2) is 47.0 Å². The molecule has 13 heteroatoms. The van der Waals surface area contributed by atoms with Crippen LogP contribution < -0.4 is 10.6 Å². The molecule has 2 N–H and O–H groups in total. The van der Waals surface area contributed by atoms with Gasteiger partial charge in [-0.25, -0.2) is 4.79 Å². The standard InChI is InChI=1S/C32H37F6N3O4/c1-30(2,3)45-29(44)41-25(20-7-5-4-6-8-20)13-14-26(41)28(43)40-24-11-9-19(10-12-24)18-39-27(42)21-15-22(31(33,34)35)17-23(16-21)32(36,37)38/h4-8,15-17,19,24-26H,9-14,18H2,1-3H3,(H,39,42)(H,40,43). The second kappa shape index (κ2) is 13.3. The minimum Gasteiger partial charge on any atom is -0.444 e. The lowest BCUT2D eigenvalue weighted by Crippen LogP contribution is -2.51. The number of carbonyl (C=O) groups excluding carboxylic acids is 3. The van der Waals surface area contributed by atoms with Gasteiger partial charge < -0.3 is 15.4 Å². The molecule has 1 aliphatic heterocycles. The van der Waals surface area contributed by atoms with E-state index in [4.69, 9.17) is 4.74 Å². The molecule has 3 amide bonds. The fourth-order valence-electron chi connectivity index (χ4n) is 5.87. The third-order valence-corrected chi connectivity index (χ3v) is 8.07. The highest BCUT2D eigenvalue weighted by molar-refractivity contribution is 5.94. The van der Waals surface area contributed by atoms with Gasteiger partial charge in [0.25, 0.3) is 5.91 Å². The van der Waals surface area contributed by atoms with Crippen molar-refractivity contribution in [1.29, 1.82) is 0 Å². The van der Waals surface area contributed by atoms with Crippen molar-refractivity contribution < 1.29 is 45.5 Å². The maximum Gasteiger partial charge on any atom is 0.416 e. The van der Waals surface area contributed by atoms with E-state index in [0.717, 1.165) is 5.56 Å². The molecule has 2 aliphatic rings. The highest BCUT2D eigenvalue weighted by atomic mass is 19.4. The first-order chi connectivity index (χ1) is 20.9. The molecule has 1 aliphatic carbocycles. The Bertz CT molecular complexity index is 1330. The van der Waals surface area contributed by atoms with Gasteiger partial charge in [0.2, 0.25) is 5.91 Å². The van der Waals surface area contributed by atoms with Crippen molar-refractivity contribution in [2.75, 3.05) is 6.54 Å². The zero-order valence-electron chi connectivity index (χ0n) is 25.2. The predicted molar refractivity (Wildman–Crippen MR) is 153 cm³/mol. The van der Waals surface area contributed by atoms with E-state index in [9.17, 15) is 40.7 Å². The first-order valence-corrected chi connectivity index (χ1v) is 14.9. The molecule has 2 unspecified atom stereocenters. The summed E-state index contributed by atoms with van der Waals surface area (Å²) in [4.78, 5) is 40.7. The van der Waals surface area contributed by atoms with E-state index in [-0.39, 0.29) is 36.5 Å². The summed E-state index contributed by atoms with van der Waals surface area (Å²) in [5, 5.41) is 5.51. The van der Waals surface area contributed by atoms with Gasteiger partial charge in [-0.3, -0.25) is 14.5 Å². The van der Waals surface area contributed by atoms with Gasteiger partial charge in [-0.2, -0.15) is 26.3 Å². The number of likely N-dealkylation sites (tertiary alicyclic amines) is 1. The third-order valence-electron chi connectivity index (χ3n) is 8.07. The Morgan fingerprint density at radius 2 is 1.40 bits per heavy atom. The largest absolute Gasteiger partial charge is 0.444 e. The van der Waals surface area contributed by atoms with Gasteiger partial charge in [-0.1, -0.05) is 30.3 Å². The molecule has 4 rings (SSSR count). The Morgan fingerprint density at radius 3 is 1.93 bits per heavy atom. The summed E-state index contributed by atoms with van der Waals surface area (Å²) in [6, 6.07) is 8.98. The molecule has 1 saturated carbocycles. The molecule has 2 fully saturated rings. The van der Waals surface area contributed by atoms with Gasteiger partial charge in [0.15, 0.2) is 0 Å². The van der Waals surface area contributed by atoms with Crippen LogP contribution >= 0.6 is 0 Å². The normalized spacial score (nSPS) is 22.6. The molecule has 1 heterocycles. The van der Waals surface area contributed by atoms with Crippen molar-refractivity contribution in [3.63, 3.8) is 0 Å². The van der Waals surface area contributed by atoms with E-state index < -0.39 is 52.7 Å². The van der Waals surface area contributed by atoms with Crippen LogP contribution in [0.3, 0.4) is 0 Å². The minimum atomic E-state index is -5.05. The summed E-state index contributed by atoms with van der Waals surface area (Å²) < 4.78 is 84.7. The van der Waals surface area contributed by atoms with E-state index >= 15 is 0 Å². The van der Waals surface area contributed by atoms with E-state index in [1.165, 1.54) is 4.90 Å². The number of benzene rings is 2. The van der Waals surface area contributed by atoms with Crippen molar-refractivity contribution >= 4 is 17.9 Å². The molecular weight excluding hydrogens is 604 g/mol. The van der Waals surface area contributed by atoms with Crippen LogP contribution in [0, 0.1) is 5.92 Å². The number of rotatable bonds is 6. The molecule has 1 saturated heterocycles. The second-order valence-corrected chi connectivity index (χ2v) is 12.6. The molecule has 246 valence electrons. The van der Waals surface area contributed by atoms with Crippen molar-refractivity contribution in [2.45, 2.75) is 95.4 Å². The summed E-state index contributed by atoms with van der Waals surface area (Å²) in [7, 11) is 0. The average molecular weight is 642 g/mol. The topological polar surface area (TPSA) is 87.7 Å². The quantitative estimate of drug-likeness (QED) is 0.325. The van der Waals surface area contributed by atoms with Crippen molar-refractivity contribution in [3.8, 4) is 0 Å². The van der Waals surface area contributed by atoms with Crippen LogP contribution in [0.2, 0.25) is 0 Å². The summed E-state index contributed by atoms with van der Waals surface area (Å²) in [5.41, 5.74) is -3.68. The molecule has 0 bridgehead atoms. The SMILES string of the molecule is CC(C)(C)OC(=O)N1C(C(=O)NC2CCC(CNC(=O)c3cc(C(F)(F)F)cc(C(F)(F)F)c3)CC2)CCC1c1ccccc1. The number of carbonyl (C=O) groups is 3. The lowest BCUT2D eigenvalue weighted by molar-refractivity contribution is -0.143. The number of hydrogen-bond acceptors (Lipinski definition) is 4. The van der Waals surface area contributed by atoms with Gasteiger partial charge in [-0.15, -0.1) is 0 Å². The molecule has 0 spiro atoms. The Hall–Kier alpha value is -3.77. The van der Waals surface area contributed by atoms with Crippen molar-refractivity contribution in [1.82, 2.24) is 15.5 Å². The van der Waals surface area contributed by atoms with Gasteiger partial charge >= 0.3 is 18.4 Å². The number of nitrogens with zero attached hydrogens (tertiary/aromatic N) is 1. The maximum absolute atomic E-state index is 13.4. The molecule has 2 aromatic carbocycles. The predicted octanol–water partition coefficient (Wildman–Crippen LogP) is 7.27. The highest BCUT2D eigenvalue weighted by Crippen LogP contribution is 2.38. The number of hydrogen-bond donors (Lipinski definition) is 2. The summed E-state index contributed by atoms with van der Waals surface area (Å²) >= 11 is 0. The third kappa shape index (κ3) is 8.91. The molecule has 7 nitrogen and oxygen atoms in total. The fraction of sp³-hybridized carbons (Fsp3) is 0.531. The van der Waals surface area contributed by atoms with Gasteiger partial charge in [-0.05, 0) is 89.0 Å². The van der Waals surface area contributed by atoms with Crippen LogP contribution in [0.1, 0.15) is 92.4 Å². The molecular formula is C32H37F6N3O4. The van der Waals surface area contributed by atoms with Crippen LogP contribution in [0.25, 0.3) is 0 Å². The lowest BCUT2D eigenvalue weighted by atomic mass is 9.85. The van der Waals surface area contributed by atoms with E-state index in [0.29, 0.717) is 50.7 Å². The zero-order chi connectivity index (χ0) is 33.2. The van der Waals surface area contributed by atoms with Gasteiger partial charge in [0.1, 0.15) is 11.6 Å². The van der Waals surface area contributed by atoms with E-state index in [1.807, 2.05) is 30.3 Å². The van der Waals surface area contributed by atoms with Gasteiger partial charge in [0.05, 0.1) is 17.2 Å². The summed E-state index contributed by atoms with van der Waals surface area (Å²) in [6.07, 6.45) is -7.40. The first-order valence-electron chi connectivity index (χ1n) is 14.9. The fourth-order valence-corrected chi connectivity index (χ4v) is 5.87. The Labute approximate surface area is 257 Å². The molecule has 0 aromatic heterocycles. The molecule has 45 heavy (non-hydrogen) atoms. The van der Waals surface area contributed by atoms with E-state index in [1.54, 1.807) is 20.8 Å². The molecule has 2 atom stereocenters.